The minimum absolute atomic E-state index is 0.0240. The van der Waals surface area contributed by atoms with Crippen LogP contribution in [0.2, 0.25) is 0 Å². The van der Waals surface area contributed by atoms with Crippen molar-refractivity contribution in [1.82, 2.24) is 4.98 Å². The van der Waals surface area contributed by atoms with Crippen LogP contribution in [0.3, 0.4) is 0 Å². The van der Waals surface area contributed by atoms with E-state index in [9.17, 15) is 19.5 Å². The maximum Gasteiger partial charge on any atom is 0.258 e. The second kappa shape index (κ2) is 5.62. The number of hydrogen-bond donors (Lipinski definition) is 2. The largest absolute Gasteiger partial charge is 0.507 e. The number of carbonyl (C=O) groups is 2. The zero-order valence-electron chi connectivity index (χ0n) is 11.5. The molecule has 0 bridgehead atoms. The van der Waals surface area contributed by atoms with Gasteiger partial charge in [-0.2, -0.15) is 0 Å². The molecule has 2 rings (SSSR count). The standard InChI is InChI=1S/C15H13NO5/c1-8(17)11-5-9(7-16-15(11)20)14(19)12-6-10(21-2)3-4-13(12)18/h3-7,18H,1-2H3,(H,16,20). The van der Waals surface area contributed by atoms with Gasteiger partial charge in [0.25, 0.3) is 5.56 Å². The van der Waals surface area contributed by atoms with E-state index in [1.165, 1.54) is 44.5 Å². The average molecular weight is 287 g/mol. The second-order valence-electron chi connectivity index (χ2n) is 4.40. The van der Waals surface area contributed by atoms with Gasteiger partial charge < -0.3 is 14.8 Å². The first kappa shape index (κ1) is 14.5. The van der Waals surface area contributed by atoms with Crippen molar-refractivity contribution in [3.05, 3.63) is 57.5 Å². The number of phenolic OH excluding ortho intramolecular Hbond substituents is 1. The number of aromatic hydroxyl groups is 1. The quantitative estimate of drug-likeness (QED) is 0.831. The highest BCUT2D eigenvalue weighted by Gasteiger charge is 2.17. The van der Waals surface area contributed by atoms with Crippen LogP contribution in [0, 0.1) is 0 Å². The second-order valence-corrected chi connectivity index (χ2v) is 4.40. The Bertz CT molecular complexity index is 776. The van der Waals surface area contributed by atoms with Gasteiger partial charge in [0.15, 0.2) is 11.6 Å². The van der Waals surface area contributed by atoms with Crippen LogP contribution < -0.4 is 10.3 Å². The smallest absolute Gasteiger partial charge is 0.258 e. The van der Waals surface area contributed by atoms with Crippen LogP contribution >= 0.6 is 0 Å². The van der Waals surface area contributed by atoms with Gasteiger partial charge in [-0.25, -0.2) is 0 Å². The Balaban J connectivity index is 2.52. The summed E-state index contributed by atoms with van der Waals surface area (Å²) in [5.41, 5.74) is -0.545. The minimum atomic E-state index is -0.561. The molecule has 0 aliphatic rings. The van der Waals surface area contributed by atoms with Crippen molar-refractivity contribution in [1.29, 1.82) is 0 Å². The summed E-state index contributed by atoms with van der Waals surface area (Å²) >= 11 is 0. The molecule has 0 saturated carbocycles. The van der Waals surface area contributed by atoms with E-state index in [1.807, 2.05) is 0 Å². The Kier molecular flexibility index (Phi) is 3.89. The van der Waals surface area contributed by atoms with E-state index in [0.717, 1.165) is 0 Å². The van der Waals surface area contributed by atoms with Crippen LogP contribution in [0.1, 0.15) is 33.2 Å². The number of ketones is 2. The summed E-state index contributed by atoms with van der Waals surface area (Å²) < 4.78 is 5.00. The Morgan fingerprint density at radius 2 is 1.90 bits per heavy atom. The van der Waals surface area contributed by atoms with Gasteiger partial charge in [0.05, 0.1) is 18.2 Å². The van der Waals surface area contributed by atoms with Gasteiger partial charge in [-0.3, -0.25) is 14.4 Å². The number of ether oxygens (including phenoxy) is 1. The molecule has 2 N–H and O–H groups in total. The molecule has 21 heavy (non-hydrogen) atoms. The number of H-pyrrole nitrogens is 1. The van der Waals surface area contributed by atoms with Crippen molar-refractivity contribution in [3.63, 3.8) is 0 Å². The van der Waals surface area contributed by atoms with Crippen molar-refractivity contribution in [3.8, 4) is 11.5 Å². The number of aromatic amines is 1. The number of Topliss-reactive ketones (excluding diaryl/α,β-unsaturated/α-hetero) is 1. The topological polar surface area (TPSA) is 96.5 Å². The van der Waals surface area contributed by atoms with Gasteiger partial charge in [0.1, 0.15) is 11.5 Å². The van der Waals surface area contributed by atoms with E-state index < -0.39 is 17.1 Å². The van der Waals surface area contributed by atoms with E-state index in [4.69, 9.17) is 4.74 Å². The van der Waals surface area contributed by atoms with Crippen LogP contribution in [0.25, 0.3) is 0 Å². The Morgan fingerprint density at radius 3 is 2.52 bits per heavy atom. The molecule has 0 radical (unpaired) electrons. The first-order valence-corrected chi connectivity index (χ1v) is 6.09. The normalized spacial score (nSPS) is 10.2. The van der Waals surface area contributed by atoms with Crippen molar-refractivity contribution < 1.29 is 19.4 Å². The molecule has 1 aromatic carbocycles. The first-order chi connectivity index (χ1) is 9.93. The minimum Gasteiger partial charge on any atom is -0.507 e. The van der Waals surface area contributed by atoms with Gasteiger partial charge in [-0.05, 0) is 31.2 Å². The first-order valence-electron chi connectivity index (χ1n) is 6.09. The fourth-order valence-corrected chi connectivity index (χ4v) is 1.86. The molecular formula is C15H13NO5. The number of aromatic nitrogens is 1. The number of rotatable bonds is 4. The summed E-state index contributed by atoms with van der Waals surface area (Å²) in [6, 6.07) is 5.45. The lowest BCUT2D eigenvalue weighted by atomic mass is 10.0. The molecule has 1 heterocycles. The van der Waals surface area contributed by atoms with Gasteiger partial charge in [-0.1, -0.05) is 0 Å². The van der Waals surface area contributed by atoms with Crippen molar-refractivity contribution in [2.45, 2.75) is 6.92 Å². The van der Waals surface area contributed by atoms with Crippen molar-refractivity contribution in [2.24, 2.45) is 0 Å². The monoisotopic (exact) mass is 287 g/mol. The fourth-order valence-electron chi connectivity index (χ4n) is 1.86. The summed E-state index contributed by atoms with van der Waals surface area (Å²) in [7, 11) is 1.44. The molecule has 108 valence electrons. The van der Waals surface area contributed by atoms with E-state index in [-0.39, 0.29) is 22.4 Å². The predicted octanol–water partition coefficient (Wildman–Crippen LogP) is 1.52. The number of phenols is 1. The molecule has 0 saturated heterocycles. The average Bonchev–Trinajstić information content (AvgIpc) is 2.47. The molecule has 0 unspecified atom stereocenters. The Hall–Kier alpha value is -2.89. The Morgan fingerprint density at radius 1 is 1.19 bits per heavy atom. The van der Waals surface area contributed by atoms with Gasteiger partial charge in [-0.15, -0.1) is 0 Å². The van der Waals surface area contributed by atoms with Gasteiger partial charge >= 0.3 is 0 Å². The summed E-state index contributed by atoms with van der Waals surface area (Å²) in [4.78, 5) is 37.5. The highest BCUT2D eigenvalue weighted by Crippen LogP contribution is 2.25. The summed E-state index contributed by atoms with van der Waals surface area (Å²) in [5, 5.41) is 9.78. The maximum atomic E-state index is 12.4. The highest BCUT2D eigenvalue weighted by atomic mass is 16.5. The van der Waals surface area contributed by atoms with Crippen LogP contribution in [0.5, 0.6) is 11.5 Å². The molecule has 6 nitrogen and oxygen atoms in total. The van der Waals surface area contributed by atoms with E-state index in [1.54, 1.807) is 0 Å². The number of nitrogens with one attached hydrogen (secondary N) is 1. The lowest BCUT2D eigenvalue weighted by Crippen LogP contribution is -2.17. The zero-order chi connectivity index (χ0) is 15.6. The number of hydrogen-bond acceptors (Lipinski definition) is 5. The number of methoxy groups -OCH3 is 1. The zero-order valence-corrected chi connectivity index (χ0v) is 11.5. The number of benzene rings is 1. The maximum absolute atomic E-state index is 12.4. The third-order valence-electron chi connectivity index (χ3n) is 2.99. The van der Waals surface area contributed by atoms with Gasteiger partial charge in [0, 0.05) is 11.8 Å². The van der Waals surface area contributed by atoms with E-state index in [0.29, 0.717) is 5.75 Å². The van der Waals surface area contributed by atoms with E-state index >= 15 is 0 Å². The predicted molar refractivity (Wildman–Crippen MR) is 75.2 cm³/mol. The fraction of sp³-hybridized carbons (Fsp3) is 0.133. The van der Waals surface area contributed by atoms with Gasteiger partial charge in [0.2, 0.25) is 0 Å². The highest BCUT2D eigenvalue weighted by molar-refractivity contribution is 6.11. The molecule has 0 spiro atoms. The molecule has 0 fully saturated rings. The summed E-state index contributed by atoms with van der Waals surface area (Å²) in [6.07, 6.45) is 1.20. The van der Waals surface area contributed by atoms with Crippen LogP contribution in [-0.2, 0) is 0 Å². The molecule has 2 aromatic rings. The molecule has 0 atom stereocenters. The van der Waals surface area contributed by atoms with Crippen molar-refractivity contribution in [2.75, 3.05) is 7.11 Å². The lowest BCUT2D eigenvalue weighted by Gasteiger charge is -2.07. The Labute approximate surface area is 120 Å². The van der Waals surface area contributed by atoms with Crippen LogP contribution in [0.4, 0.5) is 0 Å². The van der Waals surface area contributed by atoms with E-state index in [2.05, 4.69) is 4.98 Å². The molecule has 0 aliphatic carbocycles. The van der Waals surface area contributed by atoms with Crippen LogP contribution in [0.15, 0.2) is 35.3 Å². The molecule has 0 amide bonds. The third-order valence-corrected chi connectivity index (χ3v) is 2.99. The molecule has 1 aromatic heterocycles. The third kappa shape index (κ3) is 2.84. The SMILES string of the molecule is COc1ccc(O)c(C(=O)c2c[nH]c(=O)c(C(C)=O)c2)c1. The number of pyridine rings is 1. The number of carbonyl (C=O) groups excluding carboxylic acids is 2. The molecule has 0 aliphatic heterocycles. The molecular weight excluding hydrogens is 274 g/mol. The lowest BCUT2D eigenvalue weighted by molar-refractivity contribution is 0.101. The summed E-state index contributed by atoms with van der Waals surface area (Å²) in [5.74, 6) is -0.769. The van der Waals surface area contributed by atoms with Crippen LogP contribution in [-0.4, -0.2) is 28.8 Å². The molecule has 6 heteroatoms. The van der Waals surface area contributed by atoms with Crippen molar-refractivity contribution >= 4 is 11.6 Å². The summed E-state index contributed by atoms with van der Waals surface area (Å²) in [6.45, 7) is 1.24.